The van der Waals surface area contributed by atoms with Crippen LogP contribution in [-0.4, -0.2) is 42.9 Å². The standard InChI is InChI=1S/C23H26FN5O3/c1-12-7-8-16(24)17(10-12)26-21(31)18-11-15-6-5-9-28-14(3)19(23(32)29(18)22(15)28)27-20(30)13(2)25-4/h5-10,13-14,18-19,25H,11H2,1-4H3,(H-,26,27,30,31)/p+1/t13-,14?,18-,19-/m0/s1. The van der Waals surface area contributed by atoms with Gasteiger partial charge >= 0.3 is 5.91 Å². The fraction of sp³-hybridized carbons (Fsp3) is 0.391. The van der Waals surface area contributed by atoms with Gasteiger partial charge in [-0.15, -0.1) is 0 Å². The Labute approximate surface area is 185 Å². The molecule has 1 aromatic heterocycles. The van der Waals surface area contributed by atoms with Gasteiger partial charge in [0.15, 0.2) is 12.1 Å². The van der Waals surface area contributed by atoms with E-state index in [2.05, 4.69) is 16.0 Å². The molecule has 0 aliphatic carbocycles. The summed E-state index contributed by atoms with van der Waals surface area (Å²) in [5.74, 6) is -1.04. The molecular formula is C23H27FN5O3+. The van der Waals surface area contributed by atoms with E-state index >= 15 is 0 Å². The first-order chi connectivity index (χ1) is 15.2. The number of carbonyl (C=O) groups excluding carboxylic acids is 3. The average molecular weight is 440 g/mol. The van der Waals surface area contributed by atoms with Crippen LogP contribution in [0.3, 0.4) is 0 Å². The third-order valence-corrected chi connectivity index (χ3v) is 6.26. The first kappa shape index (κ1) is 21.9. The van der Waals surface area contributed by atoms with Crippen molar-refractivity contribution >= 4 is 29.2 Å². The van der Waals surface area contributed by atoms with E-state index in [4.69, 9.17) is 0 Å². The molecule has 3 amide bonds. The molecule has 0 saturated carbocycles. The van der Waals surface area contributed by atoms with Crippen LogP contribution in [0.15, 0.2) is 36.5 Å². The highest BCUT2D eigenvalue weighted by atomic mass is 19.1. The van der Waals surface area contributed by atoms with E-state index in [1.807, 2.05) is 29.8 Å². The number of aromatic nitrogens is 1. The third kappa shape index (κ3) is 3.62. The topological polar surface area (TPSA) is 94.4 Å². The monoisotopic (exact) mass is 440 g/mol. The van der Waals surface area contributed by atoms with Crippen LogP contribution >= 0.6 is 0 Å². The number of nitrogens with zero attached hydrogens (tertiary/aromatic N) is 2. The van der Waals surface area contributed by atoms with Crippen molar-refractivity contribution in [3.63, 3.8) is 0 Å². The number of likely N-dealkylation sites (N-methyl/N-ethyl adjacent to an activating group) is 1. The highest BCUT2D eigenvalue weighted by Crippen LogP contribution is 2.35. The highest BCUT2D eigenvalue weighted by molar-refractivity contribution is 6.09. The molecule has 0 radical (unpaired) electrons. The van der Waals surface area contributed by atoms with Crippen molar-refractivity contribution < 1.29 is 23.3 Å². The summed E-state index contributed by atoms with van der Waals surface area (Å²) < 4.78 is 16.1. The van der Waals surface area contributed by atoms with Gasteiger partial charge in [-0.05, 0) is 57.6 Å². The van der Waals surface area contributed by atoms with Crippen LogP contribution in [0.5, 0.6) is 0 Å². The second kappa shape index (κ2) is 8.31. The molecule has 168 valence electrons. The smallest absolute Gasteiger partial charge is 0.337 e. The third-order valence-electron chi connectivity index (χ3n) is 6.26. The fourth-order valence-electron chi connectivity index (χ4n) is 4.30. The summed E-state index contributed by atoms with van der Waals surface area (Å²) in [7, 11) is 1.66. The zero-order chi connectivity index (χ0) is 23.2. The number of hydrogen-bond donors (Lipinski definition) is 3. The van der Waals surface area contributed by atoms with Gasteiger partial charge in [0.25, 0.3) is 11.7 Å². The van der Waals surface area contributed by atoms with Gasteiger partial charge in [-0.25, -0.2) is 13.8 Å². The predicted octanol–water partition coefficient (Wildman–Crippen LogP) is 0.985. The lowest BCUT2D eigenvalue weighted by Gasteiger charge is -2.32. The Bertz CT molecular complexity index is 1110. The molecule has 1 unspecified atom stereocenters. The zero-order valence-corrected chi connectivity index (χ0v) is 18.5. The van der Waals surface area contributed by atoms with Crippen LogP contribution in [-0.2, 0) is 20.8 Å². The molecule has 2 aromatic rings. The summed E-state index contributed by atoms with van der Waals surface area (Å²) in [6.45, 7) is 5.37. The molecule has 32 heavy (non-hydrogen) atoms. The van der Waals surface area contributed by atoms with Crippen LogP contribution < -0.4 is 25.4 Å². The van der Waals surface area contributed by atoms with Crippen molar-refractivity contribution in [1.82, 2.24) is 10.6 Å². The van der Waals surface area contributed by atoms with Crippen molar-refractivity contribution in [3.05, 3.63) is 53.5 Å². The van der Waals surface area contributed by atoms with Gasteiger partial charge in [0.05, 0.1) is 17.9 Å². The minimum Gasteiger partial charge on any atom is -0.337 e. The Morgan fingerprint density at radius 3 is 2.75 bits per heavy atom. The molecule has 3 N–H and O–H groups in total. The number of amides is 3. The van der Waals surface area contributed by atoms with E-state index in [1.165, 1.54) is 11.0 Å². The second-order valence-corrected chi connectivity index (χ2v) is 8.40. The second-order valence-electron chi connectivity index (χ2n) is 8.40. The van der Waals surface area contributed by atoms with Gasteiger partial charge in [0.2, 0.25) is 5.91 Å². The molecule has 3 heterocycles. The summed E-state index contributed by atoms with van der Waals surface area (Å²) >= 11 is 0. The lowest BCUT2D eigenvalue weighted by molar-refractivity contribution is -0.710. The van der Waals surface area contributed by atoms with Crippen LogP contribution in [0.1, 0.15) is 31.0 Å². The largest absolute Gasteiger partial charge is 0.337 e. The van der Waals surface area contributed by atoms with E-state index in [0.29, 0.717) is 12.2 Å². The van der Waals surface area contributed by atoms with Crippen LogP contribution in [0.2, 0.25) is 0 Å². The molecule has 0 fully saturated rings. The number of carbonyl (C=O) groups is 3. The molecule has 4 rings (SSSR count). The Morgan fingerprint density at radius 2 is 2.03 bits per heavy atom. The highest BCUT2D eigenvalue weighted by Gasteiger charge is 2.55. The first-order valence-electron chi connectivity index (χ1n) is 10.6. The Kier molecular flexibility index (Phi) is 5.68. The van der Waals surface area contributed by atoms with Gasteiger partial charge in [-0.1, -0.05) is 6.07 Å². The molecule has 0 bridgehead atoms. The van der Waals surface area contributed by atoms with E-state index in [-0.39, 0.29) is 23.5 Å². The molecule has 2 aliphatic heterocycles. The minimum absolute atomic E-state index is 0.0735. The van der Waals surface area contributed by atoms with Crippen molar-refractivity contribution in [2.45, 2.75) is 51.4 Å². The van der Waals surface area contributed by atoms with Crippen LogP contribution in [0.4, 0.5) is 15.9 Å². The first-order valence-corrected chi connectivity index (χ1v) is 10.6. The van der Waals surface area contributed by atoms with Gasteiger partial charge in [0.1, 0.15) is 11.9 Å². The van der Waals surface area contributed by atoms with Crippen LogP contribution in [0, 0.1) is 12.7 Å². The van der Waals surface area contributed by atoms with E-state index in [0.717, 1.165) is 11.1 Å². The summed E-state index contributed by atoms with van der Waals surface area (Å²) in [6.07, 6.45) is 2.14. The number of benzene rings is 1. The number of anilines is 2. The van der Waals surface area contributed by atoms with E-state index in [1.54, 1.807) is 33.0 Å². The lowest BCUT2D eigenvalue weighted by atomic mass is 10.0. The van der Waals surface area contributed by atoms with Gasteiger partial charge in [-0.2, -0.15) is 4.90 Å². The molecule has 4 atom stereocenters. The maximum Gasteiger partial charge on any atom is 0.337 e. The Hall–Kier alpha value is -3.33. The zero-order valence-electron chi connectivity index (χ0n) is 18.5. The number of aryl methyl sites for hydroxylation is 1. The fourth-order valence-corrected chi connectivity index (χ4v) is 4.30. The Morgan fingerprint density at radius 1 is 1.28 bits per heavy atom. The molecule has 0 spiro atoms. The van der Waals surface area contributed by atoms with E-state index < -0.39 is 29.8 Å². The molecule has 1 aromatic carbocycles. The quantitative estimate of drug-likeness (QED) is 0.605. The Balaban J connectivity index is 1.67. The number of pyridine rings is 1. The van der Waals surface area contributed by atoms with Gasteiger partial charge in [-0.3, -0.25) is 9.59 Å². The number of rotatable bonds is 5. The number of halogens is 1. The van der Waals surface area contributed by atoms with Crippen molar-refractivity contribution in [2.75, 3.05) is 17.3 Å². The number of nitrogens with one attached hydrogen (secondary N) is 3. The van der Waals surface area contributed by atoms with Crippen molar-refractivity contribution in [3.8, 4) is 0 Å². The predicted molar refractivity (Wildman–Crippen MR) is 117 cm³/mol. The van der Waals surface area contributed by atoms with E-state index in [9.17, 15) is 18.8 Å². The lowest BCUT2D eigenvalue weighted by Crippen LogP contribution is -2.67. The summed E-state index contributed by atoms with van der Waals surface area (Å²) in [4.78, 5) is 40.6. The molecule has 0 saturated heterocycles. The van der Waals surface area contributed by atoms with Gasteiger partial charge in [0, 0.05) is 12.0 Å². The summed E-state index contributed by atoms with van der Waals surface area (Å²) in [5, 5.41) is 8.31. The maximum atomic E-state index is 14.2. The SMILES string of the molecule is CN[C@@H](C)C(=O)N[C@@H]1C(=O)N2c3c(ccc[n+]3C1C)C[C@H]2C(=O)Nc1cc(C)ccc1F. The maximum absolute atomic E-state index is 14.2. The summed E-state index contributed by atoms with van der Waals surface area (Å²) in [6, 6.07) is 5.71. The normalized spacial score (nSPS) is 22.3. The van der Waals surface area contributed by atoms with Crippen LogP contribution in [0.25, 0.3) is 0 Å². The number of hydrogen-bond acceptors (Lipinski definition) is 4. The van der Waals surface area contributed by atoms with Gasteiger partial charge < -0.3 is 16.0 Å². The van der Waals surface area contributed by atoms with Crippen molar-refractivity contribution in [1.29, 1.82) is 0 Å². The summed E-state index contributed by atoms with van der Waals surface area (Å²) in [5.41, 5.74) is 1.73. The molecule has 2 aliphatic rings. The molecule has 8 nitrogen and oxygen atoms in total. The minimum atomic E-state index is -0.848. The molecule has 9 heteroatoms. The van der Waals surface area contributed by atoms with Crippen molar-refractivity contribution in [2.24, 2.45) is 0 Å². The molecular weight excluding hydrogens is 413 g/mol. The average Bonchev–Trinajstić information content (AvgIpc) is 3.17.